The van der Waals surface area contributed by atoms with Crippen molar-refractivity contribution < 1.29 is 4.79 Å². The molecule has 2 aliphatic carbocycles. The largest absolute Gasteiger partial charge is 0.395 e. The minimum atomic E-state index is -0.136. The molecule has 0 saturated heterocycles. The summed E-state index contributed by atoms with van der Waals surface area (Å²) in [6, 6.07) is 0. The Balaban J connectivity index is 1.58. The molecular formula is C15H24N4O. The molecule has 0 bridgehead atoms. The van der Waals surface area contributed by atoms with E-state index in [1.54, 1.807) is 0 Å². The lowest BCUT2D eigenvalue weighted by atomic mass is 9.80. The minimum Gasteiger partial charge on any atom is -0.395 e. The van der Waals surface area contributed by atoms with Crippen molar-refractivity contribution in [1.29, 1.82) is 0 Å². The van der Waals surface area contributed by atoms with Crippen LogP contribution >= 0.6 is 0 Å². The summed E-state index contributed by atoms with van der Waals surface area (Å²) in [7, 11) is 0. The molecule has 5 nitrogen and oxygen atoms in total. The summed E-state index contributed by atoms with van der Waals surface area (Å²) in [5.74, 6) is 1.64. The molecule has 0 aromatic carbocycles. The van der Waals surface area contributed by atoms with Crippen LogP contribution in [-0.4, -0.2) is 22.6 Å². The zero-order valence-electron chi connectivity index (χ0n) is 12.1. The van der Waals surface area contributed by atoms with Gasteiger partial charge in [-0.05, 0) is 31.1 Å². The Labute approximate surface area is 119 Å². The first-order valence-corrected chi connectivity index (χ1v) is 7.78. The fourth-order valence-corrected chi connectivity index (χ4v) is 3.22. The maximum absolute atomic E-state index is 12.2. The number of carbonyl (C=O) groups is 1. The first-order valence-electron chi connectivity index (χ1n) is 7.78. The highest BCUT2D eigenvalue weighted by atomic mass is 16.1. The molecule has 0 aliphatic heterocycles. The number of amides is 1. The number of hydrogen-bond acceptors (Lipinski definition) is 3. The Kier molecular flexibility index (Phi) is 3.68. The molecule has 1 aromatic rings. The van der Waals surface area contributed by atoms with E-state index in [4.69, 9.17) is 5.73 Å². The average molecular weight is 276 g/mol. The zero-order chi connectivity index (χ0) is 14.1. The van der Waals surface area contributed by atoms with Crippen LogP contribution in [0.4, 0.5) is 5.69 Å². The predicted molar refractivity (Wildman–Crippen MR) is 78.4 cm³/mol. The minimum absolute atomic E-state index is 0.136. The average Bonchev–Trinajstić information content (AvgIpc) is 3.21. The zero-order valence-corrected chi connectivity index (χ0v) is 12.1. The number of anilines is 1. The van der Waals surface area contributed by atoms with Gasteiger partial charge in [0.15, 0.2) is 5.69 Å². The Morgan fingerprint density at radius 2 is 2.10 bits per heavy atom. The molecule has 1 heterocycles. The van der Waals surface area contributed by atoms with Crippen LogP contribution in [-0.2, 0) is 0 Å². The lowest BCUT2D eigenvalue weighted by Crippen LogP contribution is -2.33. The van der Waals surface area contributed by atoms with Gasteiger partial charge in [-0.15, -0.1) is 0 Å². The second kappa shape index (κ2) is 5.46. The van der Waals surface area contributed by atoms with Gasteiger partial charge >= 0.3 is 0 Å². The molecular weight excluding hydrogens is 252 g/mol. The van der Waals surface area contributed by atoms with Gasteiger partial charge in [0.05, 0.1) is 11.4 Å². The van der Waals surface area contributed by atoms with Crippen LogP contribution < -0.4 is 11.1 Å². The summed E-state index contributed by atoms with van der Waals surface area (Å²) in [4.78, 5) is 12.2. The summed E-state index contributed by atoms with van der Waals surface area (Å²) in [6.45, 7) is 3.02. The smallest absolute Gasteiger partial charge is 0.273 e. The Bertz CT molecular complexity index is 492. The van der Waals surface area contributed by atoms with Gasteiger partial charge in [0.2, 0.25) is 0 Å². The quantitative estimate of drug-likeness (QED) is 0.789. The molecule has 0 radical (unpaired) electrons. The van der Waals surface area contributed by atoms with Gasteiger partial charge in [-0.3, -0.25) is 9.89 Å². The highest BCUT2D eigenvalue weighted by Crippen LogP contribution is 2.42. The van der Waals surface area contributed by atoms with Crippen LogP contribution in [0.15, 0.2) is 0 Å². The highest BCUT2D eigenvalue weighted by molar-refractivity contribution is 5.97. The summed E-state index contributed by atoms with van der Waals surface area (Å²) >= 11 is 0. The number of rotatable bonds is 4. The topological polar surface area (TPSA) is 83.8 Å². The first kappa shape index (κ1) is 13.5. The SMILES string of the molecule is CC1CCCCC1CNC(=O)c1n[nH]c(C2CC2)c1N. The van der Waals surface area contributed by atoms with Gasteiger partial charge in [-0.2, -0.15) is 5.10 Å². The maximum Gasteiger partial charge on any atom is 0.273 e. The molecule has 2 unspecified atom stereocenters. The summed E-state index contributed by atoms with van der Waals surface area (Å²) in [5, 5.41) is 10.0. The summed E-state index contributed by atoms with van der Waals surface area (Å²) < 4.78 is 0. The Hall–Kier alpha value is -1.52. The van der Waals surface area contributed by atoms with Crippen LogP contribution in [0, 0.1) is 11.8 Å². The number of nitrogen functional groups attached to an aromatic ring is 1. The number of nitrogens with one attached hydrogen (secondary N) is 2. The van der Waals surface area contributed by atoms with E-state index in [-0.39, 0.29) is 5.91 Å². The third-order valence-electron chi connectivity index (χ3n) is 4.85. The number of nitrogens with zero attached hydrogens (tertiary/aromatic N) is 1. The first-order chi connectivity index (χ1) is 9.66. The fourth-order valence-electron chi connectivity index (χ4n) is 3.22. The van der Waals surface area contributed by atoms with E-state index in [1.165, 1.54) is 25.7 Å². The van der Waals surface area contributed by atoms with Gasteiger partial charge < -0.3 is 11.1 Å². The van der Waals surface area contributed by atoms with Crippen LogP contribution in [0.1, 0.15) is 67.5 Å². The van der Waals surface area contributed by atoms with Gasteiger partial charge in [0.1, 0.15) is 0 Å². The van der Waals surface area contributed by atoms with Crippen molar-refractivity contribution in [2.24, 2.45) is 11.8 Å². The molecule has 2 saturated carbocycles. The van der Waals surface area contributed by atoms with Crippen molar-refractivity contribution in [3.05, 3.63) is 11.4 Å². The van der Waals surface area contributed by atoms with Crippen molar-refractivity contribution in [2.45, 2.75) is 51.4 Å². The van der Waals surface area contributed by atoms with Crippen molar-refractivity contribution >= 4 is 11.6 Å². The number of nitrogens with two attached hydrogens (primary N) is 1. The highest BCUT2D eigenvalue weighted by Gasteiger charge is 2.30. The van der Waals surface area contributed by atoms with E-state index >= 15 is 0 Å². The molecule has 1 aromatic heterocycles. The van der Waals surface area contributed by atoms with Gasteiger partial charge in [0, 0.05) is 12.5 Å². The second-order valence-electron chi connectivity index (χ2n) is 6.41. The number of hydrogen-bond donors (Lipinski definition) is 3. The number of carbonyl (C=O) groups excluding carboxylic acids is 1. The lowest BCUT2D eigenvalue weighted by Gasteiger charge is -2.28. The van der Waals surface area contributed by atoms with Gasteiger partial charge in [-0.25, -0.2) is 0 Å². The van der Waals surface area contributed by atoms with Gasteiger partial charge in [0.25, 0.3) is 5.91 Å². The van der Waals surface area contributed by atoms with Crippen molar-refractivity contribution in [2.75, 3.05) is 12.3 Å². The monoisotopic (exact) mass is 276 g/mol. The van der Waals surface area contributed by atoms with Gasteiger partial charge in [-0.1, -0.05) is 26.2 Å². The van der Waals surface area contributed by atoms with Crippen LogP contribution in [0.2, 0.25) is 0 Å². The maximum atomic E-state index is 12.2. The van der Waals surface area contributed by atoms with E-state index in [0.717, 1.165) is 25.1 Å². The second-order valence-corrected chi connectivity index (χ2v) is 6.41. The molecule has 3 rings (SSSR count). The van der Waals surface area contributed by atoms with Crippen molar-refractivity contribution in [3.8, 4) is 0 Å². The normalized spacial score (nSPS) is 26.4. The molecule has 2 aliphatic rings. The number of aromatic nitrogens is 2. The third-order valence-corrected chi connectivity index (χ3v) is 4.85. The van der Waals surface area contributed by atoms with E-state index in [9.17, 15) is 4.79 Å². The lowest BCUT2D eigenvalue weighted by molar-refractivity contribution is 0.0932. The molecule has 4 N–H and O–H groups in total. The molecule has 2 atom stereocenters. The predicted octanol–water partition coefficient (Wildman–Crippen LogP) is 2.43. The number of aromatic amines is 1. The molecule has 1 amide bonds. The van der Waals surface area contributed by atoms with Crippen LogP contribution in [0.25, 0.3) is 0 Å². The van der Waals surface area contributed by atoms with E-state index in [2.05, 4.69) is 22.4 Å². The van der Waals surface area contributed by atoms with E-state index in [0.29, 0.717) is 29.1 Å². The molecule has 0 spiro atoms. The molecule has 110 valence electrons. The number of H-pyrrole nitrogens is 1. The fraction of sp³-hybridized carbons (Fsp3) is 0.733. The van der Waals surface area contributed by atoms with Crippen molar-refractivity contribution in [1.82, 2.24) is 15.5 Å². The molecule has 2 fully saturated rings. The standard InChI is InChI=1S/C15H24N4O/c1-9-4-2-3-5-11(9)8-17-15(20)14-12(16)13(18-19-14)10-6-7-10/h9-11H,2-8,16H2,1H3,(H,17,20)(H,18,19). The van der Waals surface area contributed by atoms with E-state index in [1.807, 2.05) is 0 Å². The Morgan fingerprint density at radius 1 is 1.35 bits per heavy atom. The third kappa shape index (κ3) is 2.67. The van der Waals surface area contributed by atoms with Crippen LogP contribution in [0.3, 0.4) is 0 Å². The van der Waals surface area contributed by atoms with Crippen molar-refractivity contribution in [3.63, 3.8) is 0 Å². The molecule has 5 heteroatoms. The molecule has 20 heavy (non-hydrogen) atoms. The summed E-state index contributed by atoms with van der Waals surface area (Å²) in [5.41, 5.74) is 7.89. The summed E-state index contributed by atoms with van der Waals surface area (Å²) in [6.07, 6.45) is 7.38. The van der Waals surface area contributed by atoms with Crippen LogP contribution in [0.5, 0.6) is 0 Å². The van der Waals surface area contributed by atoms with E-state index < -0.39 is 0 Å². The Morgan fingerprint density at radius 3 is 2.80 bits per heavy atom.